The zero-order valence-corrected chi connectivity index (χ0v) is 12.0. The fourth-order valence-electron chi connectivity index (χ4n) is 1.89. The van der Waals surface area contributed by atoms with Crippen LogP contribution in [0.15, 0.2) is 18.3 Å². The number of aliphatic hydroxyl groups excluding tert-OH is 1. The van der Waals surface area contributed by atoms with Gasteiger partial charge in [-0.25, -0.2) is 4.68 Å². The number of nitrogens with one attached hydrogen (secondary N) is 1. The van der Waals surface area contributed by atoms with Crippen LogP contribution in [0.25, 0.3) is 0 Å². The molecule has 0 radical (unpaired) electrons. The van der Waals surface area contributed by atoms with E-state index in [-0.39, 0.29) is 19.1 Å². The number of carbonyl (C=O) groups is 1. The second-order valence-corrected chi connectivity index (χ2v) is 4.96. The first-order valence-electron chi connectivity index (χ1n) is 6.06. The van der Waals surface area contributed by atoms with Gasteiger partial charge in [-0.3, -0.25) is 4.79 Å². The second-order valence-electron chi connectivity index (χ2n) is 4.55. The maximum absolute atomic E-state index is 11.9. The highest BCUT2D eigenvalue weighted by atomic mass is 35.5. The number of halogens is 1. The molecule has 1 aromatic carbocycles. The molecule has 1 amide bonds. The van der Waals surface area contributed by atoms with E-state index in [1.54, 1.807) is 6.07 Å². The van der Waals surface area contributed by atoms with E-state index in [4.69, 9.17) is 16.7 Å². The van der Waals surface area contributed by atoms with Crippen LogP contribution in [-0.2, 0) is 17.9 Å². The molecule has 0 saturated heterocycles. The van der Waals surface area contributed by atoms with Crippen molar-refractivity contribution < 1.29 is 9.90 Å². The van der Waals surface area contributed by atoms with Crippen LogP contribution in [0.5, 0.6) is 0 Å². The summed E-state index contributed by atoms with van der Waals surface area (Å²) >= 11 is 6.13. The maximum atomic E-state index is 11.9. The Hall–Kier alpha value is -1.92. The number of hydrogen-bond acceptors (Lipinski definition) is 4. The topological polar surface area (TPSA) is 80.0 Å². The number of anilines is 1. The summed E-state index contributed by atoms with van der Waals surface area (Å²) in [7, 11) is 0. The summed E-state index contributed by atoms with van der Waals surface area (Å²) in [5, 5.41) is 19.6. The number of hydrogen-bond donors (Lipinski definition) is 2. The van der Waals surface area contributed by atoms with Gasteiger partial charge in [0.15, 0.2) is 0 Å². The number of benzene rings is 1. The third kappa shape index (κ3) is 3.34. The Morgan fingerprint density at radius 2 is 2.20 bits per heavy atom. The molecule has 20 heavy (non-hydrogen) atoms. The van der Waals surface area contributed by atoms with Gasteiger partial charge in [0, 0.05) is 0 Å². The molecule has 6 nitrogen and oxygen atoms in total. The van der Waals surface area contributed by atoms with E-state index >= 15 is 0 Å². The van der Waals surface area contributed by atoms with Gasteiger partial charge in [0.2, 0.25) is 5.91 Å². The molecule has 2 rings (SSSR count). The number of nitrogens with zero attached hydrogens (tertiary/aromatic N) is 3. The molecule has 0 fully saturated rings. The van der Waals surface area contributed by atoms with Gasteiger partial charge >= 0.3 is 0 Å². The Kier molecular flexibility index (Phi) is 4.36. The summed E-state index contributed by atoms with van der Waals surface area (Å²) in [6.07, 6.45) is 1.52. The van der Waals surface area contributed by atoms with Crippen molar-refractivity contribution in [3.63, 3.8) is 0 Å². The quantitative estimate of drug-likeness (QED) is 0.899. The molecule has 2 aromatic rings. The Bertz CT molecular complexity index is 616. The van der Waals surface area contributed by atoms with E-state index in [0.717, 1.165) is 11.1 Å². The Balaban J connectivity index is 2.08. The minimum atomic E-state index is -0.256. The lowest BCUT2D eigenvalue weighted by atomic mass is 10.1. The van der Waals surface area contributed by atoms with Gasteiger partial charge < -0.3 is 10.4 Å². The average Bonchev–Trinajstić information content (AvgIpc) is 2.81. The maximum Gasteiger partial charge on any atom is 0.246 e. The molecule has 1 aromatic heterocycles. The van der Waals surface area contributed by atoms with E-state index in [2.05, 4.69) is 15.6 Å². The van der Waals surface area contributed by atoms with Gasteiger partial charge in [0.05, 0.1) is 23.5 Å². The summed E-state index contributed by atoms with van der Waals surface area (Å²) in [5.41, 5.74) is 2.96. The van der Waals surface area contributed by atoms with Crippen LogP contribution < -0.4 is 5.32 Å². The van der Waals surface area contributed by atoms with Gasteiger partial charge in [-0.1, -0.05) is 22.9 Å². The fraction of sp³-hybridized carbons (Fsp3) is 0.308. The summed E-state index contributed by atoms with van der Waals surface area (Å²) in [6, 6.07) is 3.74. The van der Waals surface area contributed by atoms with Crippen LogP contribution in [0.4, 0.5) is 5.69 Å². The highest BCUT2D eigenvalue weighted by Crippen LogP contribution is 2.27. The van der Waals surface area contributed by atoms with Gasteiger partial charge in [-0.2, -0.15) is 0 Å². The van der Waals surface area contributed by atoms with Crippen LogP contribution in [0.3, 0.4) is 0 Å². The van der Waals surface area contributed by atoms with E-state index in [0.29, 0.717) is 16.4 Å². The van der Waals surface area contributed by atoms with Crippen molar-refractivity contribution in [3.8, 4) is 0 Å². The molecule has 7 heteroatoms. The lowest BCUT2D eigenvalue weighted by Crippen LogP contribution is -2.20. The molecule has 0 aliphatic heterocycles. The molecule has 0 saturated carbocycles. The van der Waals surface area contributed by atoms with E-state index in [1.165, 1.54) is 10.9 Å². The third-order valence-corrected chi connectivity index (χ3v) is 3.05. The molecule has 0 bridgehead atoms. The number of rotatable bonds is 4. The normalized spacial score (nSPS) is 10.6. The highest BCUT2D eigenvalue weighted by molar-refractivity contribution is 6.34. The molecule has 0 aliphatic carbocycles. The van der Waals surface area contributed by atoms with Crippen LogP contribution in [0.2, 0.25) is 5.02 Å². The molecule has 2 N–H and O–H groups in total. The molecule has 0 spiro atoms. The lowest BCUT2D eigenvalue weighted by molar-refractivity contribution is -0.116. The van der Waals surface area contributed by atoms with Gasteiger partial charge in [0.25, 0.3) is 0 Å². The number of aliphatic hydroxyl groups is 1. The van der Waals surface area contributed by atoms with E-state index < -0.39 is 0 Å². The average molecular weight is 295 g/mol. The van der Waals surface area contributed by atoms with Gasteiger partial charge in [0.1, 0.15) is 12.2 Å². The second kappa shape index (κ2) is 6.02. The summed E-state index contributed by atoms with van der Waals surface area (Å²) in [6.45, 7) is 3.63. The summed E-state index contributed by atoms with van der Waals surface area (Å²) < 4.78 is 1.36. The molecule has 1 heterocycles. The smallest absolute Gasteiger partial charge is 0.246 e. The van der Waals surface area contributed by atoms with Crippen LogP contribution in [-0.4, -0.2) is 26.0 Å². The minimum absolute atomic E-state index is 0.0106. The number of carbonyl (C=O) groups excluding carboxylic acids is 1. The first kappa shape index (κ1) is 14.5. The molecule has 0 atom stereocenters. The van der Waals surface area contributed by atoms with Crippen LogP contribution >= 0.6 is 11.6 Å². The largest absolute Gasteiger partial charge is 0.390 e. The Labute approximate surface area is 121 Å². The minimum Gasteiger partial charge on any atom is -0.390 e. The Morgan fingerprint density at radius 1 is 1.45 bits per heavy atom. The fourth-order valence-corrected chi connectivity index (χ4v) is 2.26. The third-order valence-electron chi connectivity index (χ3n) is 2.75. The van der Waals surface area contributed by atoms with Crippen molar-refractivity contribution in [1.82, 2.24) is 15.0 Å². The molecule has 0 unspecified atom stereocenters. The van der Waals surface area contributed by atoms with Gasteiger partial charge in [-0.15, -0.1) is 5.10 Å². The lowest BCUT2D eigenvalue weighted by Gasteiger charge is -2.11. The van der Waals surface area contributed by atoms with E-state index in [1.807, 2.05) is 19.9 Å². The molecular weight excluding hydrogens is 280 g/mol. The number of aryl methyl sites for hydroxylation is 2. The first-order valence-corrected chi connectivity index (χ1v) is 6.44. The predicted molar refractivity (Wildman–Crippen MR) is 75.5 cm³/mol. The number of aromatic nitrogens is 3. The zero-order chi connectivity index (χ0) is 14.7. The van der Waals surface area contributed by atoms with Crippen LogP contribution in [0, 0.1) is 13.8 Å². The van der Waals surface area contributed by atoms with Crippen molar-refractivity contribution in [2.24, 2.45) is 0 Å². The van der Waals surface area contributed by atoms with Crippen LogP contribution in [0.1, 0.15) is 16.8 Å². The standard InChI is InChI=1S/C13H15ClN4O2/c1-8-3-9(2)13(11(14)4-8)15-12(20)6-18-5-10(7-19)16-17-18/h3-5,19H,6-7H2,1-2H3,(H,15,20). The summed E-state index contributed by atoms with van der Waals surface area (Å²) in [5.74, 6) is -0.256. The van der Waals surface area contributed by atoms with Gasteiger partial charge in [-0.05, 0) is 31.0 Å². The van der Waals surface area contributed by atoms with Crippen molar-refractivity contribution in [1.29, 1.82) is 0 Å². The Morgan fingerprint density at radius 3 is 2.80 bits per heavy atom. The molecule has 0 aliphatic rings. The van der Waals surface area contributed by atoms with Crippen molar-refractivity contribution >= 4 is 23.2 Å². The molecule has 106 valence electrons. The molecular formula is C13H15ClN4O2. The monoisotopic (exact) mass is 294 g/mol. The van der Waals surface area contributed by atoms with Crippen molar-refractivity contribution in [3.05, 3.63) is 40.2 Å². The first-order chi connectivity index (χ1) is 9.49. The zero-order valence-electron chi connectivity index (χ0n) is 11.2. The van der Waals surface area contributed by atoms with E-state index in [9.17, 15) is 4.79 Å². The van der Waals surface area contributed by atoms with Crippen molar-refractivity contribution in [2.45, 2.75) is 27.0 Å². The predicted octanol–water partition coefficient (Wildman–Crippen LogP) is 1.68. The SMILES string of the molecule is Cc1cc(C)c(NC(=O)Cn2cc(CO)nn2)c(Cl)c1. The van der Waals surface area contributed by atoms with Crippen molar-refractivity contribution in [2.75, 3.05) is 5.32 Å². The summed E-state index contributed by atoms with van der Waals surface area (Å²) in [4.78, 5) is 11.9. The number of amides is 1. The highest BCUT2D eigenvalue weighted by Gasteiger charge is 2.11.